The van der Waals surface area contributed by atoms with Crippen LogP contribution < -0.4 is 5.73 Å². The van der Waals surface area contributed by atoms with Crippen LogP contribution >= 0.6 is 0 Å². The third-order valence-corrected chi connectivity index (χ3v) is 3.55. The molecule has 0 spiro atoms. The quantitative estimate of drug-likeness (QED) is 0.761. The van der Waals surface area contributed by atoms with E-state index >= 15 is 0 Å². The van der Waals surface area contributed by atoms with E-state index in [1.165, 1.54) is 12.8 Å². The van der Waals surface area contributed by atoms with Crippen LogP contribution in [0.5, 0.6) is 0 Å². The van der Waals surface area contributed by atoms with Crippen molar-refractivity contribution in [2.75, 3.05) is 13.2 Å². The second-order valence-corrected chi connectivity index (χ2v) is 5.03. The number of nitrogens with zero attached hydrogens (tertiary/aromatic N) is 1. The lowest BCUT2D eigenvalue weighted by atomic mass is 9.90. The fourth-order valence-electron chi connectivity index (χ4n) is 2.80. The monoisotopic (exact) mass is 226 g/mol. The van der Waals surface area contributed by atoms with Crippen molar-refractivity contribution in [2.24, 2.45) is 5.73 Å². The molecule has 2 rings (SSSR count). The standard InChI is InChI=1S/C12H22N2O2/c1-9(13)8-12(15)14-6-7-16-11-5-3-2-4-10(11)14/h9-11H,2-8,13H2,1H3. The Bertz CT molecular complexity index is 253. The van der Waals surface area contributed by atoms with Gasteiger partial charge in [0.25, 0.3) is 0 Å². The van der Waals surface area contributed by atoms with Gasteiger partial charge >= 0.3 is 0 Å². The molecule has 0 bridgehead atoms. The highest BCUT2D eigenvalue weighted by atomic mass is 16.5. The Kier molecular flexibility index (Phi) is 3.82. The van der Waals surface area contributed by atoms with Crippen LogP contribution in [0.2, 0.25) is 0 Å². The summed E-state index contributed by atoms with van der Waals surface area (Å²) in [5.74, 6) is 0.204. The van der Waals surface area contributed by atoms with Crippen LogP contribution in [0, 0.1) is 0 Å². The van der Waals surface area contributed by atoms with E-state index in [0.29, 0.717) is 19.1 Å². The number of nitrogens with two attached hydrogens (primary N) is 1. The van der Waals surface area contributed by atoms with E-state index in [0.717, 1.165) is 19.4 Å². The average Bonchev–Trinajstić information content (AvgIpc) is 2.27. The van der Waals surface area contributed by atoms with Crippen molar-refractivity contribution >= 4 is 5.91 Å². The maximum absolute atomic E-state index is 12.1. The normalized spacial score (nSPS) is 32.0. The first kappa shape index (κ1) is 11.9. The van der Waals surface area contributed by atoms with Gasteiger partial charge in [0.1, 0.15) is 0 Å². The molecule has 92 valence electrons. The summed E-state index contributed by atoms with van der Waals surface area (Å²) >= 11 is 0. The topological polar surface area (TPSA) is 55.6 Å². The molecule has 1 amide bonds. The summed E-state index contributed by atoms with van der Waals surface area (Å²) < 4.78 is 5.74. The molecule has 2 fully saturated rings. The second-order valence-electron chi connectivity index (χ2n) is 5.03. The molecular formula is C12H22N2O2. The van der Waals surface area contributed by atoms with Crippen LogP contribution in [-0.2, 0) is 9.53 Å². The first-order valence-electron chi connectivity index (χ1n) is 6.35. The first-order valence-corrected chi connectivity index (χ1v) is 6.35. The fraction of sp³-hybridized carbons (Fsp3) is 0.917. The number of fused-ring (bicyclic) bond motifs is 1. The molecular weight excluding hydrogens is 204 g/mol. The molecule has 2 aliphatic rings. The van der Waals surface area contributed by atoms with E-state index in [1.54, 1.807) is 0 Å². The van der Waals surface area contributed by atoms with Crippen molar-refractivity contribution in [1.82, 2.24) is 4.90 Å². The van der Waals surface area contributed by atoms with E-state index in [1.807, 2.05) is 11.8 Å². The van der Waals surface area contributed by atoms with Crippen molar-refractivity contribution in [3.05, 3.63) is 0 Å². The van der Waals surface area contributed by atoms with E-state index in [9.17, 15) is 4.79 Å². The van der Waals surface area contributed by atoms with E-state index in [4.69, 9.17) is 10.5 Å². The maximum Gasteiger partial charge on any atom is 0.224 e. The van der Waals surface area contributed by atoms with E-state index < -0.39 is 0 Å². The zero-order valence-corrected chi connectivity index (χ0v) is 10.0. The zero-order valence-electron chi connectivity index (χ0n) is 10.0. The number of morpholine rings is 1. The molecule has 0 aromatic heterocycles. The largest absolute Gasteiger partial charge is 0.374 e. The SMILES string of the molecule is CC(N)CC(=O)N1CCOC2CCCCC21. The number of ether oxygens (including phenoxy) is 1. The molecule has 0 radical (unpaired) electrons. The van der Waals surface area contributed by atoms with Gasteiger partial charge < -0.3 is 15.4 Å². The number of carbonyl (C=O) groups is 1. The number of rotatable bonds is 2. The summed E-state index contributed by atoms with van der Waals surface area (Å²) in [6, 6.07) is 0.270. The van der Waals surface area contributed by atoms with Gasteiger partial charge in [0, 0.05) is 19.0 Å². The molecule has 3 unspecified atom stereocenters. The van der Waals surface area contributed by atoms with Crippen molar-refractivity contribution in [1.29, 1.82) is 0 Å². The van der Waals surface area contributed by atoms with Gasteiger partial charge in [0.05, 0.1) is 18.8 Å². The lowest BCUT2D eigenvalue weighted by Gasteiger charge is -2.44. The van der Waals surface area contributed by atoms with Gasteiger partial charge in [-0.1, -0.05) is 12.8 Å². The Morgan fingerprint density at radius 1 is 1.50 bits per heavy atom. The number of amides is 1. The number of hydrogen-bond acceptors (Lipinski definition) is 3. The summed E-state index contributed by atoms with van der Waals surface area (Å²) in [7, 11) is 0. The number of carbonyl (C=O) groups excluding carboxylic acids is 1. The van der Waals surface area contributed by atoms with Gasteiger partial charge in [-0.15, -0.1) is 0 Å². The number of hydrogen-bond donors (Lipinski definition) is 1. The first-order chi connectivity index (χ1) is 7.68. The highest BCUT2D eigenvalue weighted by Gasteiger charge is 2.36. The lowest BCUT2D eigenvalue weighted by molar-refractivity contribution is -0.149. The predicted molar refractivity (Wildman–Crippen MR) is 62.0 cm³/mol. The van der Waals surface area contributed by atoms with Crippen LogP contribution in [0.3, 0.4) is 0 Å². The molecule has 2 N–H and O–H groups in total. The molecule has 0 aromatic rings. The van der Waals surface area contributed by atoms with Crippen LogP contribution in [0.25, 0.3) is 0 Å². The second kappa shape index (κ2) is 5.15. The van der Waals surface area contributed by atoms with Crippen LogP contribution in [0.1, 0.15) is 39.0 Å². The van der Waals surface area contributed by atoms with E-state index in [-0.39, 0.29) is 18.1 Å². The molecule has 16 heavy (non-hydrogen) atoms. The predicted octanol–water partition coefficient (Wildman–Crippen LogP) is 0.894. The average molecular weight is 226 g/mol. The fourth-order valence-corrected chi connectivity index (χ4v) is 2.80. The minimum atomic E-state index is -0.0441. The van der Waals surface area contributed by atoms with Gasteiger partial charge in [-0.25, -0.2) is 0 Å². The summed E-state index contributed by atoms with van der Waals surface area (Å²) in [5.41, 5.74) is 5.69. The Morgan fingerprint density at radius 3 is 3.00 bits per heavy atom. The Morgan fingerprint density at radius 2 is 2.25 bits per heavy atom. The Hall–Kier alpha value is -0.610. The summed E-state index contributed by atoms with van der Waals surface area (Å²) in [4.78, 5) is 14.1. The van der Waals surface area contributed by atoms with Gasteiger partial charge in [-0.3, -0.25) is 4.79 Å². The Balaban J connectivity index is 1.99. The minimum absolute atomic E-state index is 0.0441. The van der Waals surface area contributed by atoms with Gasteiger partial charge in [-0.05, 0) is 19.8 Å². The van der Waals surface area contributed by atoms with Crippen LogP contribution in [-0.4, -0.2) is 42.1 Å². The molecule has 1 aliphatic carbocycles. The molecule has 4 nitrogen and oxygen atoms in total. The lowest BCUT2D eigenvalue weighted by Crippen LogP contribution is -2.55. The van der Waals surface area contributed by atoms with E-state index in [2.05, 4.69) is 0 Å². The highest BCUT2D eigenvalue weighted by molar-refractivity contribution is 5.77. The van der Waals surface area contributed by atoms with Crippen molar-refractivity contribution < 1.29 is 9.53 Å². The van der Waals surface area contributed by atoms with Crippen molar-refractivity contribution in [2.45, 2.75) is 57.2 Å². The van der Waals surface area contributed by atoms with Crippen LogP contribution in [0.4, 0.5) is 0 Å². The third kappa shape index (κ3) is 2.55. The molecule has 1 heterocycles. The summed E-state index contributed by atoms with van der Waals surface area (Å²) in [6.07, 6.45) is 5.38. The van der Waals surface area contributed by atoms with Gasteiger partial charge in [-0.2, -0.15) is 0 Å². The molecule has 1 saturated carbocycles. The van der Waals surface area contributed by atoms with Crippen molar-refractivity contribution in [3.8, 4) is 0 Å². The zero-order chi connectivity index (χ0) is 11.5. The minimum Gasteiger partial charge on any atom is -0.374 e. The highest BCUT2D eigenvalue weighted by Crippen LogP contribution is 2.28. The molecule has 3 atom stereocenters. The Labute approximate surface area is 97.1 Å². The molecule has 4 heteroatoms. The molecule has 1 aliphatic heterocycles. The van der Waals surface area contributed by atoms with Crippen molar-refractivity contribution in [3.63, 3.8) is 0 Å². The van der Waals surface area contributed by atoms with Crippen LogP contribution in [0.15, 0.2) is 0 Å². The van der Waals surface area contributed by atoms with Gasteiger partial charge in [0.2, 0.25) is 5.91 Å². The summed E-state index contributed by atoms with van der Waals surface area (Å²) in [5, 5.41) is 0. The van der Waals surface area contributed by atoms with Gasteiger partial charge in [0.15, 0.2) is 0 Å². The smallest absolute Gasteiger partial charge is 0.224 e. The maximum atomic E-state index is 12.1. The molecule has 0 aromatic carbocycles. The molecule has 1 saturated heterocycles. The third-order valence-electron chi connectivity index (χ3n) is 3.55. The summed E-state index contributed by atoms with van der Waals surface area (Å²) in [6.45, 7) is 3.31.